The third-order valence-corrected chi connectivity index (χ3v) is 4.26. The summed E-state index contributed by atoms with van der Waals surface area (Å²) in [5.41, 5.74) is 0.354. The van der Waals surface area contributed by atoms with Gasteiger partial charge < -0.3 is 10.4 Å². The standard InChI is InChI=1S/C14H22N2O4S/c1-4-5-8-15-21(19,20)11-6-7-13(16-10(2)3)12(9-11)14(17)18/h6-7,9-10,15-16H,4-5,8H2,1-3H3,(H,17,18). The number of hydrogen-bond acceptors (Lipinski definition) is 4. The molecule has 1 rings (SSSR count). The van der Waals surface area contributed by atoms with Crippen LogP contribution in [-0.2, 0) is 10.0 Å². The van der Waals surface area contributed by atoms with Gasteiger partial charge in [-0.2, -0.15) is 0 Å². The summed E-state index contributed by atoms with van der Waals surface area (Å²) >= 11 is 0. The van der Waals surface area contributed by atoms with Gasteiger partial charge in [-0.05, 0) is 38.5 Å². The van der Waals surface area contributed by atoms with Crippen LogP contribution in [0.25, 0.3) is 0 Å². The van der Waals surface area contributed by atoms with Crippen molar-refractivity contribution in [2.75, 3.05) is 11.9 Å². The zero-order chi connectivity index (χ0) is 16.0. The summed E-state index contributed by atoms with van der Waals surface area (Å²) < 4.78 is 26.6. The van der Waals surface area contributed by atoms with Crippen molar-refractivity contribution in [3.63, 3.8) is 0 Å². The van der Waals surface area contributed by atoms with E-state index in [9.17, 15) is 18.3 Å². The Balaban J connectivity index is 3.10. The van der Waals surface area contributed by atoms with Crippen molar-refractivity contribution in [2.45, 2.75) is 44.6 Å². The molecule has 0 saturated heterocycles. The Labute approximate surface area is 125 Å². The summed E-state index contributed by atoms with van der Waals surface area (Å²) in [6.45, 7) is 6.06. The summed E-state index contributed by atoms with van der Waals surface area (Å²) in [7, 11) is -3.67. The fourth-order valence-corrected chi connectivity index (χ4v) is 2.87. The summed E-state index contributed by atoms with van der Waals surface area (Å²) in [4.78, 5) is 11.3. The first-order valence-corrected chi connectivity index (χ1v) is 8.39. The molecule has 3 N–H and O–H groups in total. The summed E-state index contributed by atoms with van der Waals surface area (Å²) in [5, 5.41) is 12.2. The van der Waals surface area contributed by atoms with Gasteiger partial charge in [0.15, 0.2) is 0 Å². The smallest absolute Gasteiger partial charge is 0.337 e. The Morgan fingerprint density at radius 1 is 1.33 bits per heavy atom. The number of nitrogens with one attached hydrogen (secondary N) is 2. The molecular formula is C14H22N2O4S. The molecule has 0 aromatic heterocycles. The van der Waals surface area contributed by atoms with Crippen LogP contribution in [0.4, 0.5) is 5.69 Å². The molecule has 0 aliphatic heterocycles. The minimum Gasteiger partial charge on any atom is -0.478 e. The van der Waals surface area contributed by atoms with Crippen LogP contribution in [0.15, 0.2) is 23.1 Å². The van der Waals surface area contributed by atoms with E-state index in [4.69, 9.17) is 0 Å². The minimum atomic E-state index is -3.67. The van der Waals surface area contributed by atoms with Crippen molar-refractivity contribution in [3.8, 4) is 0 Å². The zero-order valence-electron chi connectivity index (χ0n) is 12.5. The molecule has 0 heterocycles. The number of carboxylic acid groups (broad SMARTS) is 1. The van der Waals surface area contributed by atoms with Gasteiger partial charge in [0.25, 0.3) is 0 Å². The van der Waals surface area contributed by atoms with Gasteiger partial charge in [0, 0.05) is 18.3 Å². The van der Waals surface area contributed by atoms with Gasteiger partial charge in [-0.3, -0.25) is 0 Å². The molecule has 7 heteroatoms. The highest BCUT2D eigenvalue weighted by Crippen LogP contribution is 2.21. The molecule has 0 radical (unpaired) electrons. The molecule has 0 atom stereocenters. The first-order chi connectivity index (χ1) is 9.77. The number of carbonyl (C=O) groups is 1. The third-order valence-electron chi connectivity index (χ3n) is 2.80. The van der Waals surface area contributed by atoms with Crippen LogP contribution in [0, 0.1) is 0 Å². The van der Waals surface area contributed by atoms with Gasteiger partial charge in [-0.1, -0.05) is 13.3 Å². The van der Waals surface area contributed by atoms with E-state index in [2.05, 4.69) is 10.0 Å². The molecule has 0 spiro atoms. The summed E-state index contributed by atoms with van der Waals surface area (Å²) in [6, 6.07) is 4.12. The third kappa shape index (κ3) is 5.02. The number of sulfonamides is 1. The lowest BCUT2D eigenvalue weighted by Crippen LogP contribution is -2.25. The number of aromatic carboxylic acids is 1. The Morgan fingerprint density at radius 2 is 2.00 bits per heavy atom. The Kier molecular flexibility index (Phi) is 6.17. The molecule has 21 heavy (non-hydrogen) atoms. The first-order valence-electron chi connectivity index (χ1n) is 6.91. The fraction of sp³-hybridized carbons (Fsp3) is 0.500. The lowest BCUT2D eigenvalue weighted by atomic mass is 10.1. The van der Waals surface area contributed by atoms with E-state index in [0.717, 1.165) is 12.8 Å². The molecule has 118 valence electrons. The molecule has 0 aliphatic rings. The number of benzene rings is 1. The number of anilines is 1. The highest BCUT2D eigenvalue weighted by Gasteiger charge is 2.18. The molecule has 0 saturated carbocycles. The number of rotatable bonds is 8. The molecule has 0 bridgehead atoms. The van der Waals surface area contributed by atoms with Gasteiger partial charge in [0.05, 0.1) is 10.5 Å². The normalized spacial score (nSPS) is 11.6. The maximum Gasteiger partial charge on any atom is 0.337 e. The van der Waals surface area contributed by atoms with Crippen molar-refractivity contribution in [2.24, 2.45) is 0 Å². The molecule has 1 aromatic carbocycles. The van der Waals surface area contributed by atoms with Crippen molar-refractivity contribution in [1.29, 1.82) is 0 Å². The van der Waals surface area contributed by atoms with Crippen molar-refractivity contribution < 1.29 is 18.3 Å². The van der Waals surface area contributed by atoms with Crippen LogP contribution in [0.1, 0.15) is 44.0 Å². The van der Waals surface area contributed by atoms with E-state index in [0.29, 0.717) is 12.2 Å². The number of unbranched alkanes of at least 4 members (excludes halogenated alkanes) is 1. The average Bonchev–Trinajstić information content (AvgIpc) is 2.38. The van der Waals surface area contributed by atoms with E-state index < -0.39 is 16.0 Å². The summed E-state index contributed by atoms with van der Waals surface area (Å²) in [5.74, 6) is -1.16. The van der Waals surface area contributed by atoms with Crippen molar-refractivity contribution in [3.05, 3.63) is 23.8 Å². The second kappa shape index (κ2) is 7.42. The van der Waals surface area contributed by atoms with Crippen LogP contribution in [0.3, 0.4) is 0 Å². The first kappa shape index (κ1) is 17.5. The van der Waals surface area contributed by atoms with Gasteiger partial charge in [-0.25, -0.2) is 17.9 Å². The van der Waals surface area contributed by atoms with Crippen LogP contribution >= 0.6 is 0 Å². The van der Waals surface area contributed by atoms with Crippen molar-refractivity contribution >= 4 is 21.7 Å². The minimum absolute atomic E-state index is 0.0368. The predicted octanol–water partition coefficient (Wildman–Crippen LogP) is 2.28. The predicted molar refractivity (Wildman–Crippen MR) is 82.3 cm³/mol. The highest BCUT2D eigenvalue weighted by atomic mass is 32.2. The lowest BCUT2D eigenvalue weighted by molar-refractivity contribution is 0.0697. The van der Waals surface area contributed by atoms with E-state index in [1.807, 2.05) is 20.8 Å². The molecule has 6 nitrogen and oxygen atoms in total. The highest BCUT2D eigenvalue weighted by molar-refractivity contribution is 7.89. The molecule has 0 fully saturated rings. The topological polar surface area (TPSA) is 95.5 Å². The average molecular weight is 314 g/mol. The molecule has 1 aromatic rings. The van der Waals surface area contributed by atoms with Crippen LogP contribution in [0.2, 0.25) is 0 Å². The second-order valence-corrected chi connectivity index (χ2v) is 6.83. The Bertz CT molecular complexity index is 597. The molecule has 0 aliphatic carbocycles. The molecule has 0 amide bonds. The van der Waals surface area contributed by atoms with E-state index in [-0.39, 0.29) is 16.5 Å². The maximum atomic E-state index is 12.1. The van der Waals surface area contributed by atoms with E-state index in [1.165, 1.54) is 18.2 Å². The van der Waals surface area contributed by atoms with Crippen LogP contribution in [0.5, 0.6) is 0 Å². The lowest BCUT2D eigenvalue weighted by Gasteiger charge is -2.14. The largest absolute Gasteiger partial charge is 0.478 e. The fourth-order valence-electron chi connectivity index (χ4n) is 1.77. The quantitative estimate of drug-likeness (QED) is 0.640. The van der Waals surface area contributed by atoms with Gasteiger partial charge in [0.1, 0.15) is 0 Å². The van der Waals surface area contributed by atoms with E-state index >= 15 is 0 Å². The Morgan fingerprint density at radius 3 is 2.52 bits per heavy atom. The zero-order valence-corrected chi connectivity index (χ0v) is 13.3. The van der Waals surface area contributed by atoms with Crippen LogP contribution in [-0.4, -0.2) is 32.1 Å². The van der Waals surface area contributed by atoms with Crippen molar-refractivity contribution in [1.82, 2.24) is 4.72 Å². The number of hydrogen-bond donors (Lipinski definition) is 3. The monoisotopic (exact) mass is 314 g/mol. The van der Waals surface area contributed by atoms with Crippen LogP contribution < -0.4 is 10.0 Å². The summed E-state index contributed by atoms with van der Waals surface area (Å²) in [6.07, 6.45) is 1.61. The van der Waals surface area contributed by atoms with Gasteiger partial charge in [0.2, 0.25) is 10.0 Å². The molecule has 0 unspecified atom stereocenters. The number of carboxylic acids is 1. The maximum absolute atomic E-state index is 12.1. The SMILES string of the molecule is CCCCNS(=O)(=O)c1ccc(NC(C)C)c(C(=O)O)c1. The Hall–Kier alpha value is -1.60. The van der Waals surface area contributed by atoms with Gasteiger partial charge >= 0.3 is 5.97 Å². The van der Waals surface area contributed by atoms with Gasteiger partial charge in [-0.15, -0.1) is 0 Å². The second-order valence-electron chi connectivity index (χ2n) is 5.06. The molecular weight excluding hydrogens is 292 g/mol. The van der Waals surface area contributed by atoms with E-state index in [1.54, 1.807) is 0 Å².